The van der Waals surface area contributed by atoms with Crippen LogP contribution in [0.2, 0.25) is 5.02 Å². The van der Waals surface area contributed by atoms with Crippen molar-refractivity contribution in [3.05, 3.63) is 16.1 Å². The topological polar surface area (TPSA) is 60.7 Å². The van der Waals surface area contributed by atoms with E-state index in [-0.39, 0.29) is 33.4 Å². The van der Waals surface area contributed by atoms with Crippen molar-refractivity contribution >= 4 is 11.6 Å². The van der Waals surface area contributed by atoms with E-state index in [1.807, 2.05) is 0 Å². The van der Waals surface area contributed by atoms with E-state index in [2.05, 4.69) is 0 Å². The van der Waals surface area contributed by atoms with Gasteiger partial charge in [-0.05, 0) is 13.8 Å². The van der Waals surface area contributed by atoms with Crippen molar-refractivity contribution < 1.29 is 15.3 Å². The van der Waals surface area contributed by atoms with Crippen molar-refractivity contribution in [2.24, 2.45) is 0 Å². The molecule has 66 valence electrons. The first-order chi connectivity index (χ1) is 5.46. The molecule has 0 saturated carbocycles. The summed E-state index contributed by atoms with van der Waals surface area (Å²) in [7, 11) is 0. The van der Waals surface area contributed by atoms with Gasteiger partial charge in [-0.15, -0.1) is 0 Å². The van der Waals surface area contributed by atoms with E-state index in [1.165, 1.54) is 13.8 Å². The number of phenols is 3. The van der Waals surface area contributed by atoms with Crippen LogP contribution in [0.25, 0.3) is 0 Å². The van der Waals surface area contributed by atoms with Crippen molar-refractivity contribution in [3.63, 3.8) is 0 Å². The highest BCUT2D eigenvalue weighted by Crippen LogP contribution is 2.43. The lowest BCUT2D eigenvalue weighted by Gasteiger charge is -2.09. The highest BCUT2D eigenvalue weighted by Gasteiger charge is 2.16. The Hall–Kier alpha value is -1.09. The summed E-state index contributed by atoms with van der Waals surface area (Å²) in [5.41, 5.74) is 0.547. The van der Waals surface area contributed by atoms with E-state index in [9.17, 15) is 15.3 Å². The van der Waals surface area contributed by atoms with E-state index >= 15 is 0 Å². The maximum atomic E-state index is 9.31. The molecule has 0 bridgehead atoms. The summed E-state index contributed by atoms with van der Waals surface area (Å²) in [6.07, 6.45) is 0. The first kappa shape index (κ1) is 9.00. The van der Waals surface area contributed by atoms with Gasteiger partial charge in [-0.3, -0.25) is 0 Å². The van der Waals surface area contributed by atoms with Gasteiger partial charge in [0.2, 0.25) is 0 Å². The molecule has 0 unspecified atom stereocenters. The molecule has 4 heteroatoms. The van der Waals surface area contributed by atoms with E-state index in [1.54, 1.807) is 0 Å². The lowest BCUT2D eigenvalue weighted by Crippen LogP contribution is -1.84. The molecule has 3 N–H and O–H groups in total. The van der Waals surface area contributed by atoms with Gasteiger partial charge in [-0.25, -0.2) is 0 Å². The zero-order chi connectivity index (χ0) is 9.46. The Morgan fingerprint density at radius 1 is 0.833 bits per heavy atom. The molecule has 0 aromatic heterocycles. The van der Waals surface area contributed by atoms with Gasteiger partial charge in [0, 0.05) is 11.1 Å². The second kappa shape index (κ2) is 2.75. The molecule has 0 spiro atoms. The van der Waals surface area contributed by atoms with Crippen LogP contribution in [0.5, 0.6) is 17.2 Å². The third-order valence-corrected chi connectivity index (χ3v) is 2.19. The van der Waals surface area contributed by atoms with E-state index in [0.717, 1.165) is 0 Å². The van der Waals surface area contributed by atoms with E-state index in [4.69, 9.17) is 11.6 Å². The number of rotatable bonds is 0. The van der Waals surface area contributed by atoms with Gasteiger partial charge in [0.05, 0.1) is 0 Å². The van der Waals surface area contributed by atoms with E-state index in [0.29, 0.717) is 0 Å². The molecule has 0 aliphatic carbocycles. The first-order valence-corrected chi connectivity index (χ1v) is 3.74. The standard InChI is InChI=1S/C8H9ClO3/c1-3-6(10)4(2)8(12)5(9)7(3)11/h10-12H,1-2H3. The quantitative estimate of drug-likeness (QED) is 0.584. The third kappa shape index (κ3) is 1.06. The van der Waals surface area contributed by atoms with Gasteiger partial charge >= 0.3 is 0 Å². The molecule has 0 fully saturated rings. The molecule has 1 aromatic rings. The number of aromatic hydroxyl groups is 3. The number of benzene rings is 1. The fourth-order valence-electron chi connectivity index (χ4n) is 0.947. The van der Waals surface area contributed by atoms with Crippen LogP contribution in [-0.2, 0) is 0 Å². The second-order valence-electron chi connectivity index (χ2n) is 2.61. The maximum Gasteiger partial charge on any atom is 0.144 e. The monoisotopic (exact) mass is 188 g/mol. The minimum atomic E-state index is -0.280. The summed E-state index contributed by atoms with van der Waals surface area (Å²) in [4.78, 5) is 0. The molecule has 0 aliphatic heterocycles. The SMILES string of the molecule is Cc1c(O)c(C)c(O)c(Cl)c1O. The first-order valence-electron chi connectivity index (χ1n) is 3.36. The van der Waals surface area contributed by atoms with Gasteiger partial charge in [0.1, 0.15) is 22.3 Å². The highest BCUT2D eigenvalue weighted by atomic mass is 35.5. The minimum absolute atomic E-state index is 0.122. The molecule has 12 heavy (non-hydrogen) atoms. The Kier molecular flexibility index (Phi) is 2.06. The summed E-state index contributed by atoms with van der Waals surface area (Å²) in [6.45, 7) is 3.03. The predicted octanol–water partition coefficient (Wildman–Crippen LogP) is 2.07. The van der Waals surface area contributed by atoms with Crippen LogP contribution >= 0.6 is 11.6 Å². The fourth-order valence-corrected chi connectivity index (χ4v) is 1.23. The zero-order valence-electron chi connectivity index (χ0n) is 6.72. The maximum absolute atomic E-state index is 9.31. The summed E-state index contributed by atoms with van der Waals surface area (Å²) in [5, 5.41) is 27.7. The fraction of sp³-hybridized carbons (Fsp3) is 0.250. The Labute approximate surface area is 74.8 Å². The summed E-state index contributed by atoms with van der Waals surface area (Å²) < 4.78 is 0. The normalized spacial score (nSPS) is 10.2. The van der Waals surface area contributed by atoms with Crippen LogP contribution in [0.15, 0.2) is 0 Å². The van der Waals surface area contributed by atoms with E-state index < -0.39 is 0 Å². The Morgan fingerprint density at radius 3 is 1.50 bits per heavy atom. The second-order valence-corrected chi connectivity index (χ2v) is 2.99. The Morgan fingerprint density at radius 2 is 1.17 bits per heavy atom. The number of phenolic OH excluding ortho intramolecular Hbond substituents is 3. The van der Waals surface area contributed by atoms with Gasteiger partial charge in [-0.2, -0.15) is 0 Å². The van der Waals surface area contributed by atoms with Gasteiger partial charge in [-0.1, -0.05) is 11.6 Å². The average molecular weight is 189 g/mol. The smallest absolute Gasteiger partial charge is 0.144 e. The molecule has 1 aromatic carbocycles. The zero-order valence-corrected chi connectivity index (χ0v) is 7.48. The molecular weight excluding hydrogens is 180 g/mol. The minimum Gasteiger partial charge on any atom is -0.507 e. The van der Waals surface area contributed by atoms with Crippen LogP contribution in [-0.4, -0.2) is 15.3 Å². The lowest BCUT2D eigenvalue weighted by atomic mass is 10.1. The molecule has 0 aliphatic rings. The molecule has 0 radical (unpaired) electrons. The number of hydrogen-bond acceptors (Lipinski definition) is 3. The van der Waals surface area contributed by atoms with Crippen molar-refractivity contribution in [2.45, 2.75) is 13.8 Å². The molecule has 0 saturated heterocycles. The van der Waals surface area contributed by atoms with Crippen molar-refractivity contribution in [1.29, 1.82) is 0 Å². The Balaban J connectivity index is 3.60. The van der Waals surface area contributed by atoms with Crippen molar-refractivity contribution in [3.8, 4) is 17.2 Å². The molecule has 0 atom stereocenters. The van der Waals surface area contributed by atoms with Crippen LogP contribution in [0.1, 0.15) is 11.1 Å². The number of hydrogen-bond donors (Lipinski definition) is 3. The summed E-state index contributed by atoms with van der Waals surface area (Å²) in [6, 6.07) is 0. The molecule has 1 rings (SSSR count). The van der Waals surface area contributed by atoms with Crippen LogP contribution in [0.4, 0.5) is 0 Å². The number of halogens is 1. The molecule has 3 nitrogen and oxygen atoms in total. The van der Waals surface area contributed by atoms with Crippen LogP contribution in [0, 0.1) is 13.8 Å². The Bertz CT molecular complexity index is 229. The predicted molar refractivity (Wildman–Crippen MR) is 45.9 cm³/mol. The van der Waals surface area contributed by atoms with Crippen LogP contribution in [0.3, 0.4) is 0 Å². The van der Waals surface area contributed by atoms with Gasteiger partial charge in [0.15, 0.2) is 0 Å². The van der Waals surface area contributed by atoms with Gasteiger partial charge < -0.3 is 15.3 Å². The molecule has 0 amide bonds. The molecular formula is C8H9ClO3. The summed E-state index contributed by atoms with van der Waals surface area (Å²) in [5.74, 6) is -0.691. The summed E-state index contributed by atoms with van der Waals surface area (Å²) >= 11 is 5.55. The van der Waals surface area contributed by atoms with Crippen LogP contribution < -0.4 is 0 Å². The van der Waals surface area contributed by atoms with Crippen molar-refractivity contribution in [2.75, 3.05) is 0 Å². The van der Waals surface area contributed by atoms with Gasteiger partial charge in [0.25, 0.3) is 0 Å². The highest BCUT2D eigenvalue weighted by molar-refractivity contribution is 6.33. The largest absolute Gasteiger partial charge is 0.507 e. The van der Waals surface area contributed by atoms with Crippen molar-refractivity contribution in [1.82, 2.24) is 0 Å². The molecule has 0 heterocycles. The average Bonchev–Trinajstić information content (AvgIpc) is 2.08. The lowest BCUT2D eigenvalue weighted by molar-refractivity contribution is 0.418. The third-order valence-electron chi connectivity index (χ3n) is 1.84.